The van der Waals surface area contributed by atoms with Gasteiger partial charge in [-0.15, -0.1) is 0 Å². The fourth-order valence-corrected chi connectivity index (χ4v) is 2.80. The van der Waals surface area contributed by atoms with Crippen molar-refractivity contribution in [2.75, 3.05) is 0 Å². The second-order valence-corrected chi connectivity index (χ2v) is 6.68. The Balaban J connectivity index is 2.90. The summed E-state index contributed by atoms with van der Waals surface area (Å²) >= 11 is 0. The largest absolute Gasteiger partial charge is 0.299 e. The van der Waals surface area contributed by atoms with Gasteiger partial charge in [-0.05, 0) is 68.7 Å². The molecule has 0 saturated carbocycles. The smallest absolute Gasteiger partial charge is 0.143 e. The normalized spacial score (nSPS) is 20.7. The summed E-state index contributed by atoms with van der Waals surface area (Å²) in [6.07, 6.45) is 12.8. The van der Waals surface area contributed by atoms with Crippen LogP contribution in [0.2, 0.25) is 0 Å². The molecule has 0 bridgehead atoms. The molecule has 1 aliphatic carbocycles. The summed E-state index contributed by atoms with van der Waals surface area (Å²) in [6.45, 7) is 10.3. The first-order chi connectivity index (χ1) is 10.3. The fourth-order valence-electron chi connectivity index (χ4n) is 2.80. The quantitative estimate of drug-likeness (QED) is 0.345. The summed E-state index contributed by atoms with van der Waals surface area (Å²) in [5, 5.41) is 0. The van der Waals surface area contributed by atoms with Crippen molar-refractivity contribution in [2.45, 2.75) is 53.9 Å². The van der Waals surface area contributed by atoms with Crippen molar-refractivity contribution in [1.82, 2.24) is 0 Å². The van der Waals surface area contributed by atoms with E-state index in [0.29, 0.717) is 11.9 Å². The third kappa shape index (κ3) is 5.25. The molecule has 0 N–H and O–H groups in total. The summed E-state index contributed by atoms with van der Waals surface area (Å²) in [7, 11) is 0. The monoisotopic (exact) mass is 302 g/mol. The Morgan fingerprint density at radius 2 is 1.86 bits per heavy atom. The van der Waals surface area contributed by atoms with Crippen molar-refractivity contribution in [3.05, 3.63) is 58.5 Å². The van der Waals surface area contributed by atoms with Gasteiger partial charge in [-0.3, -0.25) is 4.79 Å². The molecule has 2 heteroatoms. The Morgan fingerprint density at radius 1 is 1.18 bits per heavy atom. The van der Waals surface area contributed by atoms with E-state index in [1.54, 1.807) is 13.0 Å². The van der Waals surface area contributed by atoms with Crippen LogP contribution in [0.1, 0.15) is 53.9 Å². The van der Waals surface area contributed by atoms with Gasteiger partial charge >= 0.3 is 0 Å². The van der Waals surface area contributed by atoms with Crippen LogP contribution >= 0.6 is 0 Å². The van der Waals surface area contributed by atoms with Crippen LogP contribution in [0.5, 0.6) is 0 Å². The standard InChI is InChI=1S/C20H27FO/c1-15(9-11-19(21)17(3)12-14-22)8-10-18-16(2)7-6-13-20(18,4)5/h8-12,14H,6-7,13H2,1-5H3/b10-8+,15-9+,17-12+,19-11+. The predicted octanol–water partition coefficient (Wildman–Crippen LogP) is 6.01. The molecule has 1 nitrogen and oxygen atoms in total. The van der Waals surface area contributed by atoms with Crippen molar-refractivity contribution < 1.29 is 9.18 Å². The summed E-state index contributed by atoms with van der Waals surface area (Å²) in [4.78, 5) is 10.3. The van der Waals surface area contributed by atoms with Crippen LogP contribution in [0.25, 0.3) is 0 Å². The van der Waals surface area contributed by atoms with E-state index in [-0.39, 0.29) is 11.2 Å². The number of hydrogen-bond acceptors (Lipinski definition) is 1. The molecule has 0 amide bonds. The Kier molecular flexibility index (Phi) is 6.73. The maximum Gasteiger partial charge on any atom is 0.143 e. The highest BCUT2D eigenvalue weighted by Crippen LogP contribution is 2.40. The van der Waals surface area contributed by atoms with E-state index in [1.165, 1.54) is 36.1 Å². The first kappa shape index (κ1) is 18.3. The molecule has 0 aromatic carbocycles. The lowest BCUT2D eigenvalue weighted by Crippen LogP contribution is -2.19. The van der Waals surface area contributed by atoms with Gasteiger partial charge in [0, 0.05) is 0 Å². The van der Waals surface area contributed by atoms with E-state index in [1.807, 2.05) is 13.0 Å². The first-order valence-corrected chi connectivity index (χ1v) is 7.83. The minimum absolute atomic E-state index is 0.212. The molecule has 0 heterocycles. The van der Waals surface area contributed by atoms with Gasteiger partial charge in [0.25, 0.3) is 0 Å². The average Bonchev–Trinajstić information content (AvgIpc) is 2.43. The maximum absolute atomic E-state index is 13.7. The molecule has 0 spiro atoms. The molecule has 22 heavy (non-hydrogen) atoms. The highest BCUT2D eigenvalue weighted by Gasteiger charge is 2.26. The lowest BCUT2D eigenvalue weighted by atomic mass is 9.72. The minimum atomic E-state index is -0.381. The molecule has 0 aromatic heterocycles. The Labute approximate surface area is 134 Å². The van der Waals surface area contributed by atoms with Crippen molar-refractivity contribution >= 4 is 6.29 Å². The molecule has 120 valence electrons. The summed E-state index contributed by atoms with van der Waals surface area (Å²) < 4.78 is 13.7. The number of allylic oxidation sites excluding steroid dienone is 10. The van der Waals surface area contributed by atoms with Gasteiger partial charge in [0.15, 0.2) is 0 Å². The van der Waals surface area contributed by atoms with E-state index >= 15 is 0 Å². The van der Waals surface area contributed by atoms with E-state index in [4.69, 9.17) is 0 Å². The molecule has 0 aromatic rings. The number of halogens is 1. The lowest BCUT2D eigenvalue weighted by Gasteiger charge is -2.32. The van der Waals surface area contributed by atoms with Gasteiger partial charge in [-0.25, -0.2) is 4.39 Å². The molecule has 0 saturated heterocycles. The Hall–Kier alpha value is -1.70. The van der Waals surface area contributed by atoms with Crippen LogP contribution < -0.4 is 0 Å². The van der Waals surface area contributed by atoms with Gasteiger partial charge in [0.2, 0.25) is 0 Å². The number of carbonyl (C=O) groups excluding carboxylic acids is 1. The van der Waals surface area contributed by atoms with Crippen LogP contribution in [0.4, 0.5) is 4.39 Å². The van der Waals surface area contributed by atoms with E-state index in [0.717, 1.165) is 12.0 Å². The number of hydrogen-bond donors (Lipinski definition) is 0. The van der Waals surface area contributed by atoms with Gasteiger partial charge < -0.3 is 0 Å². The Bertz CT molecular complexity index is 569. The SMILES string of the molecule is CC1=C(/C=C/C(C)=C/C=C(F)\C(C)=C\C=O)C(C)(C)CCC1. The molecular weight excluding hydrogens is 275 g/mol. The summed E-state index contributed by atoms with van der Waals surface area (Å²) in [5.74, 6) is -0.381. The van der Waals surface area contributed by atoms with Gasteiger partial charge in [-0.1, -0.05) is 43.2 Å². The van der Waals surface area contributed by atoms with Crippen molar-refractivity contribution in [2.24, 2.45) is 5.41 Å². The fraction of sp³-hybridized carbons (Fsp3) is 0.450. The Morgan fingerprint density at radius 3 is 2.45 bits per heavy atom. The highest BCUT2D eigenvalue weighted by molar-refractivity contribution is 5.67. The predicted molar refractivity (Wildman–Crippen MR) is 92.2 cm³/mol. The van der Waals surface area contributed by atoms with Crippen LogP contribution in [0.15, 0.2) is 58.5 Å². The zero-order valence-electron chi connectivity index (χ0n) is 14.4. The second kappa shape index (κ2) is 8.07. The second-order valence-electron chi connectivity index (χ2n) is 6.68. The summed E-state index contributed by atoms with van der Waals surface area (Å²) in [6, 6.07) is 0. The topological polar surface area (TPSA) is 17.1 Å². The molecule has 0 fully saturated rings. The molecule has 0 aliphatic heterocycles. The molecule has 0 atom stereocenters. The molecule has 1 rings (SSSR count). The van der Waals surface area contributed by atoms with Crippen LogP contribution in [-0.4, -0.2) is 6.29 Å². The zero-order chi connectivity index (χ0) is 16.8. The summed E-state index contributed by atoms with van der Waals surface area (Å²) in [5.41, 5.74) is 4.38. The zero-order valence-corrected chi connectivity index (χ0v) is 14.4. The van der Waals surface area contributed by atoms with Crippen molar-refractivity contribution in [3.8, 4) is 0 Å². The maximum atomic E-state index is 13.7. The van der Waals surface area contributed by atoms with Gasteiger partial charge in [-0.2, -0.15) is 0 Å². The molecular formula is C20H27FO. The minimum Gasteiger partial charge on any atom is -0.299 e. The number of carbonyl (C=O) groups is 1. The number of aldehydes is 1. The third-order valence-electron chi connectivity index (χ3n) is 4.24. The highest BCUT2D eigenvalue weighted by atomic mass is 19.1. The van der Waals surface area contributed by atoms with Crippen molar-refractivity contribution in [1.29, 1.82) is 0 Å². The first-order valence-electron chi connectivity index (χ1n) is 7.83. The van der Waals surface area contributed by atoms with E-state index in [9.17, 15) is 9.18 Å². The number of rotatable bonds is 5. The van der Waals surface area contributed by atoms with Gasteiger partial charge in [0.05, 0.1) is 0 Å². The van der Waals surface area contributed by atoms with Crippen molar-refractivity contribution in [3.63, 3.8) is 0 Å². The molecule has 0 unspecified atom stereocenters. The van der Waals surface area contributed by atoms with E-state index in [2.05, 4.69) is 26.8 Å². The van der Waals surface area contributed by atoms with Crippen LogP contribution in [0.3, 0.4) is 0 Å². The average molecular weight is 302 g/mol. The molecule has 1 aliphatic rings. The van der Waals surface area contributed by atoms with E-state index < -0.39 is 0 Å². The molecule has 0 radical (unpaired) electrons. The van der Waals surface area contributed by atoms with Crippen LogP contribution in [0, 0.1) is 5.41 Å². The van der Waals surface area contributed by atoms with Crippen LogP contribution in [-0.2, 0) is 4.79 Å². The van der Waals surface area contributed by atoms with Gasteiger partial charge in [0.1, 0.15) is 12.1 Å². The lowest BCUT2D eigenvalue weighted by molar-refractivity contribution is -0.104. The third-order valence-corrected chi connectivity index (χ3v) is 4.24.